The van der Waals surface area contributed by atoms with Crippen molar-refractivity contribution in [2.24, 2.45) is 22.2 Å². The molecule has 1 saturated carbocycles. The lowest BCUT2D eigenvalue weighted by Gasteiger charge is -2.47. The fourth-order valence-corrected chi connectivity index (χ4v) is 4.27. The molecule has 0 aliphatic heterocycles. The number of hydrogen-bond donors (Lipinski definition) is 0. The third kappa shape index (κ3) is 4.99. The minimum atomic E-state index is -0.466. The van der Waals surface area contributed by atoms with Gasteiger partial charge in [-0.15, -0.1) is 0 Å². The third-order valence-electron chi connectivity index (χ3n) is 6.66. The fraction of sp³-hybridized carbons (Fsp3) is 0.955. The molecule has 0 saturated heterocycles. The summed E-state index contributed by atoms with van der Waals surface area (Å²) in [6, 6.07) is 0. The molecule has 0 aromatic heterocycles. The summed E-state index contributed by atoms with van der Waals surface area (Å²) in [6.07, 6.45) is 8.06. The van der Waals surface area contributed by atoms with Gasteiger partial charge in [0.05, 0.1) is 5.41 Å². The molecule has 142 valence electrons. The molecule has 0 spiro atoms. The Hall–Kier alpha value is -0.530. The van der Waals surface area contributed by atoms with Crippen molar-refractivity contribution in [1.82, 2.24) is 0 Å². The molecule has 24 heavy (non-hydrogen) atoms. The van der Waals surface area contributed by atoms with Gasteiger partial charge < -0.3 is 4.74 Å². The molecule has 0 aromatic rings. The predicted molar refractivity (Wildman–Crippen MR) is 103 cm³/mol. The SMILES string of the molecule is CCC(C)(C)C(C)(CC(C)(C)C)C(=O)OC(C)(C)C1CCCCC1. The van der Waals surface area contributed by atoms with Gasteiger partial charge in [0.2, 0.25) is 0 Å². The van der Waals surface area contributed by atoms with E-state index in [0.717, 1.165) is 12.8 Å². The summed E-state index contributed by atoms with van der Waals surface area (Å²) >= 11 is 0. The van der Waals surface area contributed by atoms with Crippen molar-refractivity contribution in [3.63, 3.8) is 0 Å². The van der Waals surface area contributed by atoms with Crippen LogP contribution in [-0.4, -0.2) is 11.6 Å². The smallest absolute Gasteiger partial charge is 0.312 e. The van der Waals surface area contributed by atoms with E-state index in [2.05, 4.69) is 62.3 Å². The van der Waals surface area contributed by atoms with E-state index in [1.807, 2.05) is 0 Å². The summed E-state index contributed by atoms with van der Waals surface area (Å²) < 4.78 is 6.24. The van der Waals surface area contributed by atoms with Crippen molar-refractivity contribution >= 4 is 5.97 Å². The molecular formula is C22H42O2. The second-order valence-corrected chi connectivity index (χ2v) is 10.6. The van der Waals surface area contributed by atoms with E-state index < -0.39 is 5.41 Å². The summed E-state index contributed by atoms with van der Waals surface area (Å²) in [4.78, 5) is 13.4. The second-order valence-electron chi connectivity index (χ2n) is 10.6. The molecule has 1 fully saturated rings. The van der Waals surface area contributed by atoms with E-state index in [1.165, 1.54) is 32.1 Å². The first-order chi connectivity index (χ1) is 10.8. The van der Waals surface area contributed by atoms with E-state index in [9.17, 15) is 4.79 Å². The van der Waals surface area contributed by atoms with Gasteiger partial charge in [0.25, 0.3) is 0 Å². The zero-order valence-electron chi connectivity index (χ0n) is 17.8. The number of ether oxygens (including phenoxy) is 1. The largest absolute Gasteiger partial charge is 0.459 e. The first kappa shape index (κ1) is 21.5. The summed E-state index contributed by atoms with van der Waals surface area (Å²) in [6.45, 7) is 19.6. The molecule has 0 aromatic carbocycles. The third-order valence-corrected chi connectivity index (χ3v) is 6.66. The van der Waals surface area contributed by atoms with Crippen LogP contribution in [0.4, 0.5) is 0 Å². The molecular weight excluding hydrogens is 296 g/mol. The fourth-order valence-electron chi connectivity index (χ4n) is 4.27. The highest BCUT2D eigenvalue weighted by atomic mass is 16.6. The zero-order valence-corrected chi connectivity index (χ0v) is 17.8. The van der Waals surface area contributed by atoms with Gasteiger partial charge in [0.1, 0.15) is 5.60 Å². The van der Waals surface area contributed by atoms with Gasteiger partial charge in [-0.3, -0.25) is 4.79 Å². The van der Waals surface area contributed by atoms with Gasteiger partial charge in [-0.05, 0) is 63.2 Å². The molecule has 1 aliphatic carbocycles. The topological polar surface area (TPSA) is 26.3 Å². The van der Waals surface area contributed by atoms with Crippen LogP contribution in [0.3, 0.4) is 0 Å². The van der Waals surface area contributed by atoms with E-state index in [4.69, 9.17) is 4.74 Å². The number of rotatable bonds is 6. The average Bonchev–Trinajstić information content (AvgIpc) is 2.45. The molecule has 0 heterocycles. The molecule has 1 aliphatic rings. The lowest BCUT2D eigenvalue weighted by atomic mass is 9.59. The maximum Gasteiger partial charge on any atom is 0.312 e. The summed E-state index contributed by atoms with van der Waals surface area (Å²) in [7, 11) is 0. The Morgan fingerprint density at radius 2 is 1.42 bits per heavy atom. The van der Waals surface area contributed by atoms with Crippen LogP contribution in [0.25, 0.3) is 0 Å². The van der Waals surface area contributed by atoms with Crippen LogP contribution in [0.15, 0.2) is 0 Å². The van der Waals surface area contributed by atoms with Gasteiger partial charge in [-0.25, -0.2) is 0 Å². The summed E-state index contributed by atoms with van der Waals surface area (Å²) in [5.41, 5.74) is -0.818. The van der Waals surface area contributed by atoms with Gasteiger partial charge in [-0.2, -0.15) is 0 Å². The molecule has 0 bridgehead atoms. The quantitative estimate of drug-likeness (QED) is 0.500. The van der Waals surface area contributed by atoms with Gasteiger partial charge >= 0.3 is 5.97 Å². The second kappa shape index (κ2) is 7.38. The average molecular weight is 339 g/mol. The van der Waals surface area contributed by atoms with E-state index in [0.29, 0.717) is 5.92 Å². The number of esters is 1. The van der Waals surface area contributed by atoms with Crippen molar-refractivity contribution < 1.29 is 9.53 Å². The maximum absolute atomic E-state index is 13.4. The van der Waals surface area contributed by atoms with Crippen molar-refractivity contribution in [3.05, 3.63) is 0 Å². The van der Waals surface area contributed by atoms with E-state index >= 15 is 0 Å². The minimum Gasteiger partial charge on any atom is -0.459 e. The highest BCUT2D eigenvalue weighted by Crippen LogP contribution is 2.50. The van der Waals surface area contributed by atoms with Gasteiger partial charge in [0, 0.05) is 0 Å². The molecule has 1 rings (SSSR count). The van der Waals surface area contributed by atoms with E-state index in [1.54, 1.807) is 0 Å². The number of hydrogen-bond acceptors (Lipinski definition) is 2. The summed E-state index contributed by atoms with van der Waals surface area (Å²) in [5.74, 6) is 0.499. The minimum absolute atomic E-state index is 0.000140. The Labute approximate surface area is 151 Å². The lowest BCUT2D eigenvalue weighted by molar-refractivity contribution is -0.185. The van der Waals surface area contributed by atoms with Crippen molar-refractivity contribution in [1.29, 1.82) is 0 Å². The van der Waals surface area contributed by atoms with Crippen LogP contribution < -0.4 is 0 Å². The van der Waals surface area contributed by atoms with Crippen molar-refractivity contribution in [3.8, 4) is 0 Å². The highest BCUT2D eigenvalue weighted by Gasteiger charge is 2.51. The summed E-state index contributed by atoms with van der Waals surface area (Å²) in [5, 5.41) is 0. The predicted octanol–water partition coefficient (Wildman–Crippen LogP) is 6.77. The molecule has 0 radical (unpaired) electrons. The molecule has 0 N–H and O–H groups in total. The van der Waals surface area contributed by atoms with Crippen molar-refractivity contribution in [2.45, 2.75) is 113 Å². The van der Waals surface area contributed by atoms with E-state index in [-0.39, 0.29) is 22.4 Å². The first-order valence-corrected chi connectivity index (χ1v) is 9.99. The van der Waals surface area contributed by atoms with Crippen LogP contribution in [0.2, 0.25) is 0 Å². The molecule has 2 heteroatoms. The lowest BCUT2D eigenvalue weighted by Crippen LogP contribution is -2.49. The van der Waals surface area contributed by atoms with Crippen LogP contribution in [-0.2, 0) is 9.53 Å². The monoisotopic (exact) mass is 338 g/mol. The van der Waals surface area contributed by atoms with Crippen LogP contribution in [0.5, 0.6) is 0 Å². The Morgan fingerprint density at radius 3 is 1.83 bits per heavy atom. The number of carbonyl (C=O) groups is 1. The first-order valence-electron chi connectivity index (χ1n) is 9.99. The zero-order chi connectivity index (χ0) is 18.8. The Bertz CT molecular complexity index is 422. The Kier molecular flexibility index (Phi) is 6.61. The highest BCUT2D eigenvalue weighted by molar-refractivity contribution is 5.78. The van der Waals surface area contributed by atoms with Crippen LogP contribution >= 0.6 is 0 Å². The van der Waals surface area contributed by atoms with Crippen molar-refractivity contribution in [2.75, 3.05) is 0 Å². The Morgan fingerprint density at radius 1 is 0.917 bits per heavy atom. The number of carbonyl (C=O) groups excluding carboxylic acids is 1. The molecule has 1 unspecified atom stereocenters. The molecule has 0 amide bonds. The van der Waals surface area contributed by atoms with Crippen LogP contribution in [0, 0.1) is 22.2 Å². The van der Waals surface area contributed by atoms with Gasteiger partial charge in [0.15, 0.2) is 0 Å². The van der Waals surface area contributed by atoms with Crippen LogP contribution in [0.1, 0.15) is 107 Å². The molecule has 2 nitrogen and oxygen atoms in total. The Balaban J connectivity index is 3.03. The molecule has 1 atom stereocenters. The standard InChI is InChI=1S/C22H42O2/c1-10-20(5,6)22(9,16-19(2,3)4)18(23)24-21(7,8)17-14-12-11-13-15-17/h17H,10-16H2,1-9H3. The normalized spacial score (nSPS) is 20.5. The van der Waals surface area contributed by atoms with Gasteiger partial charge in [-0.1, -0.05) is 60.8 Å². The maximum atomic E-state index is 13.4.